The second-order valence-corrected chi connectivity index (χ2v) is 2.84. The van der Waals surface area contributed by atoms with E-state index in [1.54, 1.807) is 18.2 Å². The minimum atomic E-state index is -2.20. The highest BCUT2D eigenvalue weighted by Gasteiger charge is 2.00. The first-order valence-corrected chi connectivity index (χ1v) is 3.81. The largest absolute Gasteiger partial charge is 0.767 e. The summed E-state index contributed by atoms with van der Waals surface area (Å²) in [5.41, 5.74) is 0. The van der Waals surface area contributed by atoms with Crippen LogP contribution in [0.1, 0.15) is 0 Å². The SMILES string of the molecule is CN1C=C(S(=O)[O-])N=CC1. The summed E-state index contributed by atoms with van der Waals surface area (Å²) in [7, 11) is 1.79. The molecule has 0 aromatic rings. The lowest BCUT2D eigenvalue weighted by molar-refractivity contribution is 0.510. The van der Waals surface area contributed by atoms with Crippen LogP contribution in [0.2, 0.25) is 0 Å². The van der Waals surface area contributed by atoms with Gasteiger partial charge in [0.15, 0.2) is 0 Å². The second kappa shape index (κ2) is 2.94. The Kier molecular flexibility index (Phi) is 2.18. The van der Waals surface area contributed by atoms with Crippen LogP contribution < -0.4 is 0 Å². The fourth-order valence-electron chi connectivity index (χ4n) is 0.620. The second-order valence-electron chi connectivity index (χ2n) is 1.95. The van der Waals surface area contributed by atoms with Crippen molar-refractivity contribution in [1.82, 2.24) is 4.90 Å². The minimum absolute atomic E-state index is 0.0914. The van der Waals surface area contributed by atoms with Crippen molar-refractivity contribution >= 4 is 17.3 Å². The molecule has 0 aliphatic carbocycles. The van der Waals surface area contributed by atoms with Crippen molar-refractivity contribution in [3.63, 3.8) is 0 Å². The maximum atomic E-state index is 10.3. The molecule has 1 heterocycles. The fourth-order valence-corrected chi connectivity index (χ4v) is 1.05. The lowest BCUT2D eigenvalue weighted by Gasteiger charge is -2.17. The van der Waals surface area contributed by atoms with E-state index in [4.69, 9.17) is 0 Å². The van der Waals surface area contributed by atoms with Crippen molar-refractivity contribution in [2.75, 3.05) is 13.6 Å². The first-order valence-electron chi connectivity index (χ1n) is 2.74. The zero-order chi connectivity index (χ0) is 7.56. The van der Waals surface area contributed by atoms with Gasteiger partial charge in [0.05, 0.1) is 6.54 Å². The number of hydrogen-bond acceptors (Lipinski definition) is 4. The van der Waals surface area contributed by atoms with E-state index < -0.39 is 11.1 Å². The molecule has 1 rings (SSSR count). The van der Waals surface area contributed by atoms with Gasteiger partial charge in [-0.25, -0.2) is 4.99 Å². The molecule has 0 aromatic heterocycles. The standard InChI is InChI=1S/C5H8N2O2S/c1-7-3-2-6-5(4-7)10(8)9/h2,4H,3H2,1H3,(H,8,9)/p-1. The molecule has 56 valence electrons. The van der Waals surface area contributed by atoms with Crippen LogP contribution in [-0.2, 0) is 11.1 Å². The molecule has 0 N–H and O–H groups in total. The van der Waals surface area contributed by atoms with E-state index in [0.29, 0.717) is 6.54 Å². The summed E-state index contributed by atoms with van der Waals surface area (Å²) in [5, 5.41) is 0.0914. The molecule has 1 unspecified atom stereocenters. The molecule has 0 saturated heterocycles. The molecule has 0 fully saturated rings. The highest BCUT2D eigenvalue weighted by atomic mass is 32.2. The van der Waals surface area contributed by atoms with E-state index in [2.05, 4.69) is 4.99 Å². The van der Waals surface area contributed by atoms with Gasteiger partial charge in [0, 0.05) is 19.5 Å². The van der Waals surface area contributed by atoms with Gasteiger partial charge in [-0.05, 0) is 11.1 Å². The van der Waals surface area contributed by atoms with Gasteiger partial charge in [0.1, 0.15) is 5.03 Å². The van der Waals surface area contributed by atoms with E-state index in [-0.39, 0.29) is 5.03 Å². The Morgan fingerprint density at radius 3 is 3.00 bits per heavy atom. The number of rotatable bonds is 1. The van der Waals surface area contributed by atoms with Crippen molar-refractivity contribution in [3.05, 3.63) is 11.2 Å². The Bertz CT molecular complexity index is 212. The van der Waals surface area contributed by atoms with Crippen LogP contribution in [0.15, 0.2) is 16.2 Å². The van der Waals surface area contributed by atoms with E-state index in [1.807, 2.05) is 0 Å². The lowest BCUT2D eigenvalue weighted by Crippen LogP contribution is -2.18. The first-order chi connectivity index (χ1) is 4.70. The Labute approximate surface area is 61.5 Å². The van der Waals surface area contributed by atoms with Crippen LogP contribution in [-0.4, -0.2) is 33.5 Å². The van der Waals surface area contributed by atoms with Crippen LogP contribution in [0.5, 0.6) is 0 Å². The average Bonchev–Trinajstić information content (AvgIpc) is 1.88. The molecule has 0 aromatic carbocycles. The molecular formula is C5H7N2O2S-. The van der Waals surface area contributed by atoms with Crippen LogP contribution in [0, 0.1) is 0 Å². The van der Waals surface area contributed by atoms with Crippen molar-refractivity contribution in [2.24, 2.45) is 4.99 Å². The van der Waals surface area contributed by atoms with Crippen molar-refractivity contribution < 1.29 is 8.76 Å². The first kappa shape index (κ1) is 7.43. The van der Waals surface area contributed by atoms with Crippen molar-refractivity contribution in [1.29, 1.82) is 0 Å². The number of hydrogen-bond donors (Lipinski definition) is 0. The smallest absolute Gasteiger partial charge is 0.128 e. The summed E-state index contributed by atoms with van der Waals surface area (Å²) in [6.07, 6.45) is 3.05. The quantitative estimate of drug-likeness (QED) is 0.493. The number of aliphatic imine (C=N–C) groups is 1. The molecule has 1 aliphatic heterocycles. The lowest BCUT2D eigenvalue weighted by atomic mass is 10.5. The Morgan fingerprint density at radius 1 is 1.90 bits per heavy atom. The van der Waals surface area contributed by atoms with Gasteiger partial charge in [-0.2, -0.15) is 0 Å². The van der Waals surface area contributed by atoms with Gasteiger partial charge in [0.25, 0.3) is 0 Å². The summed E-state index contributed by atoms with van der Waals surface area (Å²) >= 11 is -2.20. The fraction of sp³-hybridized carbons (Fsp3) is 0.400. The van der Waals surface area contributed by atoms with Crippen LogP contribution in [0.3, 0.4) is 0 Å². The van der Waals surface area contributed by atoms with E-state index >= 15 is 0 Å². The average molecular weight is 159 g/mol. The molecule has 0 bridgehead atoms. The van der Waals surface area contributed by atoms with Gasteiger partial charge in [0.2, 0.25) is 0 Å². The highest BCUT2D eigenvalue weighted by Crippen LogP contribution is 2.05. The molecule has 10 heavy (non-hydrogen) atoms. The zero-order valence-electron chi connectivity index (χ0n) is 5.48. The van der Waals surface area contributed by atoms with Crippen LogP contribution in [0.4, 0.5) is 0 Å². The molecule has 1 aliphatic rings. The third-order valence-electron chi connectivity index (χ3n) is 1.09. The van der Waals surface area contributed by atoms with Crippen LogP contribution in [0.25, 0.3) is 0 Å². The van der Waals surface area contributed by atoms with Crippen molar-refractivity contribution in [2.45, 2.75) is 0 Å². The molecule has 0 amide bonds. The Hall–Kier alpha value is -0.680. The highest BCUT2D eigenvalue weighted by molar-refractivity contribution is 7.83. The monoisotopic (exact) mass is 159 g/mol. The Balaban J connectivity index is 2.76. The van der Waals surface area contributed by atoms with Crippen LogP contribution >= 0.6 is 0 Å². The predicted octanol–water partition coefficient (Wildman–Crippen LogP) is -0.319. The summed E-state index contributed by atoms with van der Waals surface area (Å²) in [4.78, 5) is 5.41. The van der Waals surface area contributed by atoms with E-state index in [9.17, 15) is 8.76 Å². The van der Waals surface area contributed by atoms with Gasteiger partial charge >= 0.3 is 0 Å². The van der Waals surface area contributed by atoms with Gasteiger partial charge in [-0.1, -0.05) is 0 Å². The molecule has 0 spiro atoms. The molecular weight excluding hydrogens is 152 g/mol. The van der Waals surface area contributed by atoms with E-state index in [0.717, 1.165) is 0 Å². The minimum Gasteiger partial charge on any atom is -0.767 e. The third kappa shape index (κ3) is 1.65. The van der Waals surface area contributed by atoms with Gasteiger partial charge in [-0.3, -0.25) is 4.21 Å². The summed E-state index contributed by atoms with van der Waals surface area (Å²) in [5.74, 6) is 0. The maximum absolute atomic E-state index is 10.3. The summed E-state index contributed by atoms with van der Waals surface area (Å²) in [6.45, 7) is 0.667. The van der Waals surface area contributed by atoms with Gasteiger partial charge < -0.3 is 9.45 Å². The molecule has 4 nitrogen and oxygen atoms in total. The van der Waals surface area contributed by atoms with Crippen molar-refractivity contribution in [3.8, 4) is 0 Å². The molecule has 5 heteroatoms. The van der Waals surface area contributed by atoms with Gasteiger partial charge in [-0.15, -0.1) is 0 Å². The molecule has 1 atom stereocenters. The Morgan fingerprint density at radius 2 is 2.60 bits per heavy atom. The third-order valence-corrected chi connectivity index (χ3v) is 1.64. The molecule has 0 saturated carbocycles. The maximum Gasteiger partial charge on any atom is 0.128 e. The number of nitrogens with zero attached hydrogens (tertiary/aromatic N) is 2. The summed E-state index contributed by atoms with van der Waals surface area (Å²) < 4.78 is 20.6. The molecule has 0 radical (unpaired) electrons. The van der Waals surface area contributed by atoms with E-state index in [1.165, 1.54) is 6.20 Å². The summed E-state index contributed by atoms with van der Waals surface area (Å²) in [6, 6.07) is 0. The zero-order valence-corrected chi connectivity index (χ0v) is 6.30. The normalized spacial score (nSPS) is 20.6. The predicted molar refractivity (Wildman–Crippen MR) is 38.1 cm³/mol. The topological polar surface area (TPSA) is 55.7 Å².